The lowest BCUT2D eigenvalue weighted by Gasteiger charge is -2.30. The minimum atomic E-state index is 0.139. The van der Waals surface area contributed by atoms with Gasteiger partial charge >= 0.3 is 0 Å². The predicted molar refractivity (Wildman–Crippen MR) is 82.9 cm³/mol. The normalized spacial score (nSPS) is 25.9. The second-order valence-electron chi connectivity index (χ2n) is 6.91. The second kappa shape index (κ2) is 6.12. The highest BCUT2D eigenvalue weighted by Gasteiger charge is 2.31. The van der Waals surface area contributed by atoms with Gasteiger partial charge < -0.3 is 5.32 Å². The van der Waals surface area contributed by atoms with E-state index in [9.17, 15) is 4.79 Å². The maximum absolute atomic E-state index is 12.5. The van der Waals surface area contributed by atoms with Crippen LogP contribution in [-0.2, 0) is 4.79 Å². The summed E-state index contributed by atoms with van der Waals surface area (Å²) in [4.78, 5) is 21.2. The smallest absolute Gasteiger partial charge is 0.228 e. The number of hydrogen-bond donors (Lipinski definition) is 1. The summed E-state index contributed by atoms with van der Waals surface area (Å²) in [5, 5.41) is 3.03. The molecule has 0 aliphatic heterocycles. The molecule has 2 fully saturated rings. The standard InChI is InChI=1S/C17H25N3O/c1-11(2)12-3-7-14(8-4-12)17(21)20-16-15(13-5-6-13)18-9-10-19-16/h9-14H,3-8H2,1-2H3,(H,19,20,21). The van der Waals surface area contributed by atoms with Crippen LogP contribution in [0.2, 0.25) is 0 Å². The second-order valence-corrected chi connectivity index (χ2v) is 6.91. The summed E-state index contributed by atoms with van der Waals surface area (Å²) in [6.07, 6.45) is 10.1. The molecule has 4 heteroatoms. The van der Waals surface area contributed by atoms with Crippen LogP contribution >= 0.6 is 0 Å². The van der Waals surface area contributed by atoms with Crippen molar-refractivity contribution in [2.75, 3.05) is 5.32 Å². The van der Waals surface area contributed by atoms with Crippen molar-refractivity contribution >= 4 is 11.7 Å². The van der Waals surface area contributed by atoms with Gasteiger partial charge in [-0.2, -0.15) is 0 Å². The molecule has 3 rings (SSSR count). The van der Waals surface area contributed by atoms with Crippen molar-refractivity contribution in [2.24, 2.45) is 17.8 Å². The summed E-state index contributed by atoms with van der Waals surface area (Å²) in [5.74, 6) is 3.00. The van der Waals surface area contributed by atoms with Gasteiger partial charge in [-0.3, -0.25) is 9.78 Å². The zero-order valence-corrected chi connectivity index (χ0v) is 13.0. The minimum absolute atomic E-state index is 0.139. The SMILES string of the molecule is CC(C)C1CCC(C(=O)Nc2nccnc2C2CC2)CC1. The summed E-state index contributed by atoms with van der Waals surface area (Å²) in [5.41, 5.74) is 0.974. The van der Waals surface area contributed by atoms with Crippen LogP contribution in [0, 0.1) is 17.8 Å². The van der Waals surface area contributed by atoms with Crippen LogP contribution < -0.4 is 5.32 Å². The number of carbonyl (C=O) groups excluding carboxylic acids is 1. The summed E-state index contributed by atoms with van der Waals surface area (Å²) in [7, 11) is 0. The fraction of sp³-hybridized carbons (Fsp3) is 0.706. The Bertz CT molecular complexity index is 503. The molecule has 2 aliphatic carbocycles. The molecule has 0 aromatic carbocycles. The number of hydrogen-bond acceptors (Lipinski definition) is 3. The third-order valence-electron chi connectivity index (χ3n) is 5.02. The first-order chi connectivity index (χ1) is 10.1. The van der Waals surface area contributed by atoms with Crippen LogP contribution in [0.1, 0.15) is 64.0 Å². The molecule has 0 saturated heterocycles. The van der Waals surface area contributed by atoms with Crippen LogP contribution in [0.15, 0.2) is 12.4 Å². The average molecular weight is 287 g/mol. The van der Waals surface area contributed by atoms with Crippen molar-refractivity contribution in [2.45, 2.75) is 58.3 Å². The maximum atomic E-state index is 12.5. The maximum Gasteiger partial charge on any atom is 0.228 e. The number of nitrogens with one attached hydrogen (secondary N) is 1. The van der Waals surface area contributed by atoms with Gasteiger partial charge in [0, 0.05) is 24.2 Å². The lowest BCUT2D eigenvalue weighted by atomic mass is 9.77. The van der Waals surface area contributed by atoms with Crippen molar-refractivity contribution in [3.63, 3.8) is 0 Å². The highest BCUT2D eigenvalue weighted by atomic mass is 16.1. The Morgan fingerprint density at radius 2 is 1.76 bits per heavy atom. The van der Waals surface area contributed by atoms with Gasteiger partial charge in [-0.25, -0.2) is 4.98 Å². The van der Waals surface area contributed by atoms with E-state index in [1.807, 2.05) is 0 Å². The van der Waals surface area contributed by atoms with Gasteiger partial charge in [0.05, 0.1) is 5.69 Å². The molecule has 1 aromatic rings. The molecule has 1 N–H and O–H groups in total. The van der Waals surface area contributed by atoms with Gasteiger partial charge in [-0.1, -0.05) is 13.8 Å². The minimum Gasteiger partial charge on any atom is -0.309 e. The third kappa shape index (κ3) is 3.42. The van der Waals surface area contributed by atoms with E-state index in [1.165, 1.54) is 25.7 Å². The molecule has 4 nitrogen and oxygen atoms in total. The van der Waals surface area contributed by atoms with Crippen molar-refractivity contribution in [3.05, 3.63) is 18.1 Å². The first-order valence-corrected chi connectivity index (χ1v) is 8.27. The molecular weight excluding hydrogens is 262 g/mol. The third-order valence-corrected chi connectivity index (χ3v) is 5.02. The highest BCUT2D eigenvalue weighted by molar-refractivity contribution is 5.92. The average Bonchev–Trinajstić information content (AvgIpc) is 3.32. The van der Waals surface area contributed by atoms with Crippen LogP contribution in [0.4, 0.5) is 5.82 Å². The van der Waals surface area contributed by atoms with E-state index >= 15 is 0 Å². The summed E-state index contributed by atoms with van der Waals surface area (Å²) in [6, 6.07) is 0. The Kier molecular flexibility index (Phi) is 4.22. The first kappa shape index (κ1) is 14.5. The first-order valence-electron chi connectivity index (χ1n) is 8.27. The van der Waals surface area contributed by atoms with E-state index in [-0.39, 0.29) is 11.8 Å². The molecule has 1 heterocycles. The number of nitrogens with zero attached hydrogens (tertiary/aromatic N) is 2. The van der Waals surface area contributed by atoms with Gasteiger partial charge in [0.15, 0.2) is 5.82 Å². The lowest BCUT2D eigenvalue weighted by Crippen LogP contribution is -2.29. The van der Waals surface area contributed by atoms with Gasteiger partial charge in [0.2, 0.25) is 5.91 Å². The van der Waals surface area contributed by atoms with E-state index in [2.05, 4.69) is 29.1 Å². The Hall–Kier alpha value is -1.45. The largest absolute Gasteiger partial charge is 0.309 e. The fourth-order valence-corrected chi connectivity index (χ4v) is 3.37. The van der Waals surface area contributed by atoms with Crippen molar-refractivity contribution in [3.8, 4) is 0 Å². The van der Waals surface area contributed by atoms with Crippen LogP contribution in [-0.4, -0.2) is 15.9 Å². The Labute approximate surface area is 126 Å². The van der Waals surface area contributed by atoms with Crippen molar-refractivity contribution < 1.29 is 4.79 Å². The Balaban J connectivity index is 1.60. The molecule has 1 amide bonds. The molecule has 0 unspecified atom stereocenters. The number of carbonyl (C=O) groups is 1. The number of anilines is 1. The van der Waals surface area contributed by atoms with E-state index in [0.717, 1.165) is 30.4 Å². The summed E-state index contributed by atoms with van der Waals surface area (Å²) >= 11 is 0. The van der Waals surface area contributed by atoms with E-state index in [0.29, 0.717) is 11.7 Å². The molecular formula is C17H25N3O. The highest BCUT2D eigenvalue weighted by Crippen LogP contribution is 2.41. The van der Waals surface area contributed by atoms with Crippen LogP contribution in [0.5, 0.6) is 0 Å². The van der Waals surface area contributed by atoms with E-state index in [4.69, 9.17) is 0 Å². The molecule has 2 aliphatic rings. The molecule has 1 aromatic heterocycles. The number of amides is 1. The quantitative estimate of drug-likeness (QED) is 0.917. The van der Waals surface area contributed by atoms with Gasteiger partial charge in [0.1, 0.15) is 0 Å². The Morgan fingerprint density at radius 1 is 1.10 bits per heavy atom. The van der Waals surface area contributed by atoms with Crippen molar-refractivity contribution in [1.29, 1.82) is 0 Å². The number of aromatic nitrogens is 2. The number of rotatable bonds is 4. The van der Waals surface area contributed by atoms with Gasteiger partial charge in [0.25, 0.3) is 0 Å². The van der Waals surface area contributed by atoms with Crippen molar-refractivity contribution in [1.82, 2.24) is 9.97 Å². The molecule has 21 heavy (non-hydrogen) atoms. The van der Waals surface area contributed by atoms with Gasteiger partial charge in [-0.15, -0.1) is 0 Å². The predicted octanol–water partition coefficient (Wildman–Crippen LogP) is 3.75. The topological polar surface area (TPSA) is 54.9 Å². The molecule has 0 atom stereocenters. The Morgan fingerprint density at radius 3 is 2.38 bits per heavy atom. The van der Waals surface area contributed by atoms with E-state index < -0.39 is 0 Å². The van der Waals surface area contributed by atoms with Crippen LogP contribution in [0.25, 0.3) is 0 Å². The fourth-order valence-electron chi connectivity index (χ4n) is 3.37. The van der Waals surface area contributed by atoms with E-state index in [1.54, 1.807) is 12.4 Å². The van der Waals surface area contributed by atoms with Gasteiger partial charge in [-0.05, 0) is 50.4 Å². The molecule has 0 spiro atoms. The van der Waals surface area contributed by atoms with Crippen LogP contribution in [0.3, 0.4) is 0 Å². The monoisotopic (exact) mass is 287 g/mol. The zero-order valence-electron chi connectivity index (χ0n) is 13.0. The summed E-state index contributed by atoms with van der Waals surface area (Å²) < 4.78 is 0. The molecule has 2 saturated carbocycles. The molecule has 0 radical (unpaired) electrons. The molecule has 114 valence electrons. The summed E-state index contributed by atoms with van der Waals surface area (Å²) in [6.45, 7) is 4.57. The lowest BCUT2D eigenvalue weighted by molar-refractivity contribution is -0.121. The zero-order chi connectivity index (χ0) is 14.8. The molecule has 0 bridgehead atoms.